The predicted molar refractivity (Wildman–Crippen MR) is 132 cm³/mol. The van der Waals surface area contributed by atoms with E-state index in [0.29, 0.717) is 11.3 Å². The van der Waals surface area contributed by atoms with E-state index in [1.54, 1.807) is 0 Å². The lowest BCUT2D eigenvalue weighted by Crippen LogP contribution is -2.71. The van der Waals surface area contributed by atoms with Gasteiger partial charge in [-0.05, 0) is 11.5 Å². The number of esters is 1. The van der Waals surface area contributed by atoms with Gasteiger partial charge in [0, 0.05) is 18.2 Å². The molecule has 0 spiro atoms. The summed E-state index contributed by atoms with van der Waals surface area (Å²) in [6.45, 7) is 3.23. The standard InChI is InChI=1S/C21H27N5O9S2/c1-10(2)5-33-21(30)35-9-34-19(29)15-11(6-31-3)7-36-18-14(17(28)26(15)18)24-16(27)13(25-32-4)12-8-37-20(22)23-12/h8,10,14,18H,5-7,9H2,1-4H3,(H2,22,23)(H,24,27)/t14?,18-/m0/s1. The number of hydrogen-bond donors (Lipinski definition) is 2. The maximum Gasteiger partial charge on any atom is 0.511 e. The predicted octanol–water partition coefficient (Wildman–Crippen LogP) is 0.686. The number of thiazole rings is 1. The average molecular weight is 558 g/mol. The number of methoxy groups -OCH3 is 1. The molecule has 2 amide bonds. The van der Waals surface area contributed by atoms with E-state index in [1.807, 2.05) is 13.8 Å². The Morgan fingerprint density at radius 2 is 2.03 bits per heavy atom. The topological polar surface area (TPSA) is 181 Å². The Kier molecular flexibility index (Phi) is 9.71. The minimum absolute atomic E-state index is 0.0293. The first-order chi connectivity index (χ1) is 17.7. The zero-order valence-corrected chi connectivity index (χ0v) is 22.2. The summed E-state index contributed by atoms with van der Waals surface area (Å²) in [7, 11) is 2.72. The summed E-state index contributed by atoms with van der Waals surface area (Å²) in [6, 6.07) is -0.954. The van der Waals surface area contributed by atoms with Gasteiger partial charge in [-0.1, -0.05) is 19.0 Å². The Balaban J connectivity index is 1.68. The second kappa shape index (κ2) is 12.7. The van der Waals surface area contributed by atoms with Crippen molar-refractivity contribution in [3.05, 3.63) is 22.3 Å². The van der Waals surface area contributed by atoms with Crippen LogP contribution in [0.5, 0.6) is 0 Å². The van der Waals surface area contributed by atoms with E-state index in [2.05, 4.69) is 15.5 Å². The number of oxime groups is 1. The van der Waals surface area contributed by atoms with Gasteiger partial charge in [-0.25, -0.2) is 14.6 Å². The third kappa shape index (κ3) is 6.69. The number of anilines is 1. The number of ether oxygens (including phenoxy) is 4. The fourth-order valence-corrected chi connectivity index (χ4v) is 5.21. The maximum absolute atomic E-state index is 13.1. The normalized spacial score (nSPS) is 19.2. The fourth-order valence-electron chi connectivity index (χ4n) is 3.33. The van der Waals surface area contributed by atoms with Crippen LogP contribution in [0.25, 0.3) is 0 Å². The van der Waals surface area contributed by atoms with Crippen LogP contribution in [0.1, 0.15) is 19.5 Å². The van der Waals surface area contributed by atoms with E-state index in [1.165, 1.54) is 36.3 Å². The molecule has 14 nitrogen and oxygen atoms in total. The van der Waals surface area contributed by atoms with Crippen LogP contribution in [0.3, 0.4) is 0 Å². The van der Waals surface area contributed by atoms with Gasteiger partial charge in [0.05, 0.1) is 13.2 Å². The Morgan fingerprint density at radius 1 is 1.27 bits per heavy atom. The smallest absolute Gasteiger partial charge is 0.434 e. The van der Waals surface area contributed by atoms with E-state index < -0.39 is 42.1 Å². The molecule has 1 saturated heterocycles. The van der Waals surface area contributed by atoms with Gasteiger partial charge < -0.3 is 34.8 Å². The minimum Gasteiger partial charge on any atom is -0.434 e. The quantitative estimate of drug-likeness (QED) is 0.128. The summed E-state index contributed by atoms with van der Waals surface area (Å²) < 4.78 is 19.8. The highest BCUT2D eigenvalue weighted by Gasteiger charge is 2.54. The molecule has 2 aliphatic rings. The van der Waals surface area contributed by atoms with Crippen molar-refractivity contribution in [2.24, 2.45) is 11.1 Å². The number of fused-ring (bicyclic) bond motifs is 1. The van der Waals surface area contributed by atoms with Crippen molar-refractivity contribution < 1.29 is 43.0 Å². The first kappa shape index (κ1) is 28.2. The van der Waals surface area contributed by atoms with Crippen molar-refractivity contribution in [3.8, 4) is 0 Å². The van der Waals surface area contributed by atoms with Crippen LogP contribution in [0, 0.1) is 5.92 Å². The molecule has 1 unspecified atom stereocenters. The monoisotopic (exact) mass is 557 g/mol. The lowest BCUT2D eigenvalue weighted by atomic mass is 10.0. The lowest BCUT2D eigenvalue weighted by Gasteiger charge is -2.49. The van der Waals surface area contributed by atoms with E-state index >= 15 is 0 Å². The number of thioether (sulfide) groups is 1. The molecule has 1 fully saturated rings. The fraction of sp³-hybridized carbons (Fsp3) is 0.524. The average Bonchev–Trinajstić information content (AvgIpc) is 3.29. The molecule has 1 aromatic rings. The molecule has 2 atom stereocenters. The summed E-state index contributed by atoms with van der Waals surface area (Å²) in [4.78, 5) is 60.4. The molecule has 202 valence electrons. The van der Waals surface area contributed by atoms with E-state index in [-0.39, 0.29) is 41.4 Å². The van der Waals surface area contributed by atoms with Gasteiger partial charge in [-0.2, -0.15) is 0 Å². The molecule has 0 bridgehead atoms. The van der Waals surface area contributed by atoms with Crippen LogP contribution in [0.15, 0.2) is 21.8 Å². The molecule has 3 N–H and O–H groups in total. The van der Waals surface area contributed by atoms with Gasteiger partial charge in [-0.15, -0.1) is 23.1 Å². The van der Waals surface area contributed by atoms with Crippen LogP contribution in [-0.4, -0.2) is 90.9 Å². The molecule has 0 aromatic carbocycles. The van der Waals surface area contributed by atoms with Crippen LogP contribution in [0.2, 0.25) is 0 Å². The number of rotatable bonds is 11. The molecular formula is C21H27N5O9S2. The molecule has 3 rings (SSSR count). The SMILES string of the molecule is COCC1=C(C(=O)OCOC(=O)OCC(C)C)N2C(=O)C(NC(=O)C(=NOC)c3csc(N)n3)[C@@H]2SC1. The molecule has 0 radical (unpaired) electrons. The van der Waals surface area contributed by atoms with Gasteiger partial charge in [0.25, 0.3) is 11.8 Å². The summed E-state index contributed by atoms with van der Waals surface area (Å²) in [5.41, 5.74) is 6.16. The number of hydrogen-bond acceptors (Lipinski definition) is 14. The molecular weight excluding hydrogens is 530 g/mol. The van der Waals surface area contributed by atoms with Gasteiger partial charge in [0.2, 0.25) is 6.79 Å². The molecule has 1 aromatic heterocycles. The molecule has 3 heterocycles. The molecule has 0 aliphatic carbocycles. The second-order valence-corrected chi connectivity index (χ2v) is 10.1. The highest BCUT2D eigenvalue weighted by Crippen LogP contribution is 2.40. The second-order valence-electron chi connectivity index (χ2n) is 8.09. The molecule has 16 heteroatoms. The van der Waals surface area contributed by atoms with E-state index in [9.17, 15) is 19.2 Å². The number of carbonyl (C=O) groups is 4. The largest absolute Gasteiger partial charge is 0.511 e. The number of nitrogens with two attached hydrogens (primary N) is 1. The Hall–Kier alpha value is -3.37. The van der Waals surface area contributed by atoms with Crippen molar-refractivity contribution >= 4 is 57.9 Å². The number of β-lactam (4-membered cyclic amide) rings is 1. The summed E-state index contributed by atoms with van der Waals surface area (Å²) in [6.07, 6.45) is -0.983. The van der Waals surface area contributed by atoms with Crippen molar-refractivity contribution in [3.63, 3.8) is 0 Å². The van der Waals surface area contributed by atoms with Crippen molar-refractivity contribution in [2.75, 3.05) is 45.7 Å². The zero-order valence-electron chi connectivity index (χ0n) is 20.5. The lowest BCUT2D eigenvalue weighted by molar-refractivity contribution is -0.157. The number of aromatic nitrogens is 1. The van der Waals surface area contributed by atoms with Crippen molar-refractivity contribution in [1.82, 2.24) is 15.2 Å². The number of nitrogens with one attached hydrogen (secondary N) is 1. The maximum atomic E-state index is 13.1. The number of amides is 2. The van der Waals surface area contributed by atoms with Crippen molar-refractivity contribution in [2.45, 2.75) is 25.3 Å². The Morgan fingerprint density at radius 3 is 2.65 bits per heavy atom. The summed E-state index contributed by atoms with van der Waals surface area (Å²) in [5, 5.41) is 7.49. The van der Waals surface area contributed by atoms with Gasteiger partial charge in [0.1, 0.15) is 29.9 Å². The van der Waals surface area contributed by atoms with Gasteiger partial charge in [0.15, 0.2) is 10.8 Å². The van der Waals surface area contributed by atoms with E-state index in [4.69, 9.17) is 29.5 Å². The molecule has 0 saturated carbocycles. The number of carbonyl (C=O) groups excluding carboxylic acids is 4. The van der Waals surface area contributed by atoms with Gasteiger partial charge >= 0.3 is 12.1 Å². The first-order valence-electron chi connectivity index (χ1n) is 10.9. The summed E-state index contributed by atoms with van der Waals surface area (Å²) in [5.74, 6) is -1.69. The highest BCUT2D eigenvalue weighted by molar-refractivity contribution is 8.00. The van der Waals surface area contributed by atoms with Crippen molar-refractivity contribution in [1.29, 1.82) is 0 Å². The van der Waals surface area contributed by atoms with Gasteiger partial charge in [-0.3, -0.25) is 14.5 Å². The number of nitrogens with zero attached hydrogens (tertiary/aromatic N) is 3. The van der Waals surface area contributed by atoms with E-state index in [0.717, 1.165) is 11.3 Å². The molecule has 2 aliphatic heterocycles. The third-order valence-electron chi connectivity index (χ3n) is 4.91. The van der Waals surface area contributed by atoms with Crippen LogP contribution < -0.4 is 11.1 Å². The Bertz CT molecular complexity index is 1100. The zero-order chi connectivity index (χ0) is 27.1. The highest BCUT2D eigenvalue weighted by atomic mass is 32.2. The van der Waals surface area contributed by atoms with Crippen LogP contribution in [0.4, 0.5) is 9.93 Å². The van der Waals surface area contributed by atoms with Crippen LogP contribution in [-0.2, 0) is 38.2 Å². The van der Waals surface area contributed by atoms with Crippen LogP contribution >= 0.6 is 23.1 Å². The summed E-state index contributed by atoms with van der Waals surface area (Å²) >= 11 is 2.45. The first-order valence-corrected chi connectivity index (χ1v) is 12.9. The minimum atomic E-state index is -0.983. The number of nitrogen functional groups attached to an aromatic ring is 1. The Labute approximate surface area is 220 Å². The third-order valence-corrected chi connectivity index (χ3v) is 6.92. The molecule has 37 heavy (non-hydrogen) atoms.